The molecular formula is C13H14O4. The van der Waals surface area contributed by atoms with Gasteiger partial charge in [-0.05, 0) is 36.5 Å². The summed E-state index contributed by atoms with van der Waals surface area (Å²) in [6.07, 6.45) is 2.95. The molecule has 1 aromatic rings. The molecule has 0 atom stereocenters. The monoisotopic (exact) mass is 234 g/mol. The topological polar surface area (TPSA) is 52.6 Å². The first-order valence-corrected chi connectivity index (χ1v) is 5.46. The van der Waals surface area contributed by atoms with Gasteiger partial charge in [0.25, 0.3) is 0 Å². The molecule has 4 heteroatoms. The van der Waals surface area contributed by atoms with Crippen LogP contribution in [0.1, 0.15) is 45.0 Å². The summed E-state index contributed by atoms with van der Waals surface area (Å²) in [4.78, 5) is 22.6. The van der Waals surface area contributed by atoms with E-state index < -0.39 is 5.97 Å². The van der Waals surface area contributed by atoms with Crippen LogP contribution in [0.25, 0.3) is 0 Å². The van der Waals surface area contributed by atoms with Crippen molar-refractivity contribution >= 4 is 12.3 Å². The zero-order valence-corrected chi connectivity index (χ0v) is 9.86. The first kappa shape index (κ1) is 11.6. The van der Waals surface area contributed by atoms with Gasteiger partial charge in [0.15, 0.2) is 0 Å². The first-order valence-electron chi connectivity index (χ1n) is 5.46. The highest BCUT2D eigenvalue weighted by molar-refractivity contribution is 5.95. The van der Waals surface area contributed by atoms with Crippen molar-refractivity contribution in [3.63, 3.8) is 0 Å². The van der Waals surface area contributed by atoms with Crippen molar-refractivity contribution in [3.05, 3.63) is 28.8 Å². The van der Waals surface area contributed by atoms with E-state index in [0.717, 1.165) is 24.7 Å². The molecule has 4 nitrogen and oxygen atoms in total. The highest BCUT2D eigenvalue weighted by Crippen LogP contribution is 2.43. The molecule has 0 aromatic heterocycles. The number of hydrogen-bond donors (Lipinski definition) is 0. The molecule has 0 N–H and O–H groups in total. The lowest BCUT2D eigenvalue weighted by atomic mass is 10.00. The molecule has 0 radical (unpaired) electrons. The predicted octanol–water partition coefficient (Wildman–Crippen LogP) is 2.17. The number of ether oxygens (including phenoxy) is 2. The Labute approximate surface area is 99.5 Å². The van der Waals surface area contributed by atoms with E-state index in [0.29, 0.717) is 22.8 Å². The minimum Gasteiger partial charge on any atom is -0.496 e. The second-order valence-corrected chi connectivity index (χ2v) is 4.07. The van der Waals surface area contributed by atoms with E-state index in [1.165, 1.54) is 14.2 Å². The normalized spacial score (nSPS) is 14.2. The maximum atomic E-state index is 11.5. The quantitative estimate of drug-likeness (QED) is 0.591. The van der Waals surface area contributed by atoms with Gasteiger partial charge in [-0.15, -0.1) is 0 Å². The predicted molar refractivity (Wildman–Crippen MR) is 61.7 cm³/mol. The van der Waals surface area contributed by atoms with Crippen LogP contribution in [0.3, 0.4) is 0 Å². The molecule has 0 spiro atoms. The van der Waals surface area contributed by atoms with Gasteiger partial charge in [-0.2, -0.15) is 0 Å². The Balaban J connectivity index is 2.52. The maximum Gasteiger partial charge on any atom is 0.341 e. The second-order valence-electron chi connectivity index (χ2n) is 4.07. The van der Waals surface area contributed by atoms with Crippen LogP contribution in [0.5, 0.6) is 5.75 Å². The number of rotatable bonds is 4. The molecule has 0 unspecified atom stereocenters. The smallest absolute Gasteiger partial charge is 0.341 e. The Morgan fingerprint density at radius 1 is 1.35 bits per heavy atom. The molecule has 2 rings (SSSR count). The Morgan fingerprint density at radius 2 is 2.06 bits per heavy atom. The average Bonchev–Trinajstić information content (AvgIpc) is 3.20. The van der Waals surface area contributed by atoms with Crippen LogP contribution in [0, 0.1) is 0 Å². The lowest BCUT2D eigenvalue weighted by Crippen LogP contribution is -2.06. The van der Waals surface area contributed by atoms with Crippen LogP contribution in [-0.4, -0.2) is 26.5 Å². The van der Waals surface area contributed by atoms with Crippen LogP contribution in [0.4, 0.5) is 0 Å². The van der Waals surface area contributed by atoms with Crippen LogP contribution < -0.4 is 4.74 Å². The molecule has 1 aromatic carbocycles. The van der Waals surface area contributed by atoms with Gasteiger partial charge in [-0.1, -0.05) is 0 Å². The molecule has 1 aliphatic rings. The largest absolute Gasteiger partial charge is 0.496 e. The molecule has 17 heavy (non-hydrogen) atoms. The van der Waals surface area contributed by atoms with Crippen molar-refractivity contribution in [1.29, 1.82) is 0 Å². The number of benzene rings is 1. The van der Waals surface area contributed by atoms with Gasteiger partial charge in [0, 0.05) is 5.56 Å². The summed E-state index contributed by atoms with van der Waals surface area (Å²) >= 11 is 0. The zero-order chi connectivity index (χ0) is 12.4. The van der Waals surface area contributed by atoms with Gasteiger partial charge in [-0.25, -0.2) is 4.79 Å². The van der Waals surface area contributed by atoms with Crippen LogP contribution in [0.2, 0.25) is 0 Å². The molecule has 0 amide bonds. The lowest BCUT2D eigenvalue weighted by molar-refractivity contribution is 0.0597. The van der Waals surface area contributed by atoms with Crippen molar-refractivity contribution in [1.82, 2.24) is 0 Å². The molecular weight excluding hydrogens is 220 g/mol. The van der Waals surface area contributed by atoms with E-state index >= 15 is 0 Å². The third-order valence-corrected chi connectivity index (χ3v) is 2.95. The molecule has 1 fully saturated rings. The average molecular weight is 234 g/mol. The highest BCUT2D eigenvalue weighted by atomic mass is 16.5. The van der Waals surface area contributed by atoms with Crippen LogP contribution in [0.15, 0.2) is 12.1 Å². The van der Waals surface area contributed by atoms with E-state index in [-0.39, 0.29) is 0 Å². The van der Waals surface area contributed by atoms with Gasteiger partial charge >= 0.3 is 5.97 Å². The number of methoxy groups -OCH3 is 2. The minimum absolute atomic E-state index is 0.293. The molecule has 0 aliphatic heterocycles. The van der Waals surface area contributed by atoms with Crippen molar-refractivity contribution in [3.8, 4) is 5.75 Å². The van der Waals surface area contributed by atoms with Gasteiger partial charge in [0.2, 0.25) is 0 Å². The fourth-order valence-corrected chi connectivity index (χ4v) is 1.90. The zero-order valence-electron chi connectivity index (χ0n) is 9.86. The van der Waals surface area contributed by atoms with Crippen molar-refractivity contribution in [2.24, 2.45) is 0 Å². The van der Waals surface area contributed by atoms with E-state index in [2.05, 4.69) is 4.74 Å². The molecule has 1 aliphatic carbocycles. The van der Waals surface area contributed by atoms with Gasteiger partial charge in [-0.3, -0.25) is 4.79 Å². The summed E-state index contributed by atoms with van der Waals surface area (Å²) in [5, 5.41) is 0. The van der Waals surface area contributed by atoms with E-state index in [1.54, 1.807) is 12.1 Å². The van der Waals surface area contributed by atoms with Gasteiger partial charge in [0.1, 0.15) is 17.6 Å². The number of carbonyl (C=O) groups excluding carboxylic acids is 2. The molecule has 90 valence electrons. The van der Waals surface area contributed by atoms with Crippen molar-refractivity contribution in [2.75, 3.05) is 14.2 Å². The minimum atomic E-state index is -0.493. The SMILES string of the molecule is COC(=O)c1cc(C=O)c(C2CC2)cc1OC. The van der Waals surface area contributed by atoms with Crippen molar-refractivity contribution < 1.29 is 19.1 Å². The molecule has 0 saturated heterocycles. The lowest BCUT2D eigenvalue weighted by Gasteiger charge is -2.11. The standard InChI is InChI=1S/C13H14O4/c1-16-12-6-10(8-3-4-8)9(7-14)5-11(12)13(15)17-2/h5-8H,3-4H2,1-2H3. The Morgan fingerprint density at radius 3 is 2.53 bits per heavy atom. The van der Waals surface area contributed by atoms with E-state index in [1.807, 2.05) is 0 Å². The molecule has 0 bridgehead atoms. The van der Waals surface area contributed by atoms with Gasteiger partial charge in [0.05, 0.1) is 14.2 Å². The highest BCUT2D eigenvalue weighted by Gasteiger charge is 2.28. The Bertz CT molecular complexity index is 461. The number of carbonyl (C=O) groups is 2. The summed E-state index contributed by atoms with van der Waals surface area (Å²) in [7, 11) is 2.80. The van der Waals surface area contributed by atoms with E-state index in [9.17, 15) is 9.59 Å². The Hall–Kier alpha value is -1.84. The summed E-state index contributed by atoms with van der Waals surface area (Å²) in [5.74, 6) is 0.396. The summed E-state index contributed by atoms with van der Waals surface area (Å²) < 4.78 is 9.83. The maximum absolute atomic E-state index is 11.5. The number of aldehydes is 1. The van der Waals surface area contributed by atoms with Crippen LogP contribution in [-0.2, 0) is 4.74 Å². The van der Waals surface area contributed by atoms with E-state index in [4.69, 9.17) is 4.74 Å². The Kier molecular flexibility index (Phi) is 3.13. The summed E-state index contributed by atoms with van der Waals surface area (Å²) in [6.45, 7) is 0. The molecule has 1 saturated carbocycles. The van der Waals surface area contributed by atoms with Gasteiger partial charge < -0.3 is 9.47 Å². The summed E-state index contributed by atoms with van der Waals surface area (Å²) in [5.41, 5.74) is 1.81. The fourth-order valence-electron chi connectivity index (χ4n) is 1.90. The van der Waals surface area contributed by atoms with Crippen molar-refractivity contribution in [2.45, 2.75) is 18.8 Å². The second kappa shape index (κ2) is 4.57. The summed E-state index contributed by atoms with van der Waals surface area (Å²) in [6, 6.07) is 3.32. The third-order valence-electron chi connectivity index (χ3n) is 2.95. The number of hydrogen-bond acceptors (Lipinski definition) is 4. The fraction of sp³-hybridized carbons (Fsp3) is 0.385. The van der Waals surface area contributed by atoms with Crippen LogP contribution >= 0.6 is 0 Å². The first-order chi connectivity index (χ1) is 8.21. The third kappa shape index (κ3) is 2.16. The number of esters is 1. The molecule has 0 heterocycles.